The average molecular weight is 268 g/mol. The Morgan fingerprint density at radius 2 is 2.05 bits per heavy atom. The van der Waals surface area contributed by atoms with Crippen LogP contribution in [0.25, 0.3) is 0 Å². The average Bonchev–Trinajstić information content (AvgIpc) is 2.66. The Kier molecular flexibility index (Phi) is 3.23. The molecule has 0 N–H and O–H groups in total. The van der Waals surface area contributed by atoms with Gasteiger partial charge in [-0.25, -0.2) is 4.79 Å². The maximum atomic E-state index is 12.1. The number of ether oxygens (including phenoxy) is 3. The Balaban J connectivity index is 2.10. The lowest BCUT2D eigenvalue weighted by Gasteiger charge is -2.28. The number of carbonyl (C=O) groups is 1. The molecule has 0 aromatic heterocycles. The molecule has 19 heavy (non-hydrogen) atoms. The Morgan fingerprint density at radius 3 is 2.58 bits per heavy atom. The second kappa shape index (κ2) is 4.36. The molecular weight excluding hydrogens is 248 g/mol. The van der Waals surface area contributed by atoms with Gasteiger partial charge in [-0.3, -0.25) is 4.90 Å². The number of hydrogen-bond donors (Lipinski definition) is 0. The van der Waals surface area contributed by atoms with Crippen LogP contribution < -0.4 is 0 Å². The first-order chi connectivity index (χ1) is 8.63. The third kappa shape index (κ3) is 2.82. The van der Waals surface area contributed by atoms with Crippen molar-refractivity contribution in [3.8, 4) is 6.07 Å². The van der Waals surface area contributed by atoms with E-state index in [1.807, 2.05) is 0 Å². The van der Waals surface area contributed by atoms with E-state index in [1.165, 1.54) is 4.90 Å². The fourth-order valence-corrected chi connectivity index (χ4v) is 2.41. The molecule has 2 aliphatic heterocycles. The number of hydrogen-bond acceptors (Lipinski definition) is 5. The largest absolute Gasteiger partial charge is 0.444 e. The Labute approximate surface area is 113 Å². The van der Waals surface area contributed by atoms with E-state index in [4.69, 9.17) is 14.2 Å². The van der Waals surface area contributed by atoms with Crippen molar-refractivity contribution < 1.29 is 19.0 Å². The quantitative estimate of drug-likeness (QED) is 0.668. The summed E-state index contributed by atoms with van der Waals surface area (Å²) in [6.07, 6.45) is -1.18. The number of rotatable bonds is 0. The van der Waals surface area contributed by atoms with E-state index in [0.29, 0.717) is 6.54 Å². The van der Waals surface area contributed by atoms with Crippen molar-refractivity contribution in [2.75, 3.05) is 6.54 Å². The molecule has 3 atom stereocenters. The van der Waals surface area contributed by atoms with E-state index in [-0.39, 0.29) is 6.10 Å². The van der Waals surface area contributed by atoms with Gasteiger partial charge in [0.2, 0.25) is 0 Å². The van der Waals surface area contributed by atoms with Crippen molar-refractivity contribution in [1.82, 2.24) is 4.90 Å². The minimum atomic E-state index is -0.704. The number of nitrogens with zero attached hydrogens (tertiary/aromatic N) is 2. The van der Waals surface area contributed by atoms with Gasteiger partial charge in [0.15, 0.2) is 11.8 Å². The van der Waals surface area contributed by atoms with E-state index in [1.54, 1.807) is 34.6 Å². The summed E-state index contributed by atoms with van der Waals surface area (Å²) in [6.45, 7) is 9.30. The molecule has 0 bridgehead atoms. The first kappa shape index (κ1) is 14.1. The molecule has 0 aromatic rings. The summed E-state index contributed by atoms with van der Waals surface area (Å²) < 4.78 is 16.7. The summed E-state index contributed by atoms with van der Waals surface area (Å²) >= 11 is 0. The standard InChI is InChI=1S/C13H20N2O4/c1-12(2,3)19-11(16)15-7-9-10(8(15)6-14)18-13(4,5)17-9/h8-10H,7H2,1-5H3. The van der Waals surface area contributed by atoms with Gasteiger partial charge in [-0.1, -0.05) is 0 Å². The molecule has 2 fully saturated rings. The molecule has 2 heterocycles. The summed E-state index contributed by atoms with van der Waals surface area (Å²) in [5, 5.41) is 9.27. The smallest absolute Gasteiger partial charge is 0.411 e. The van der Waals surface area contributed by atoms with Crippen LogP contribution >= 0.6 is 0 Å². The lowest BCUT2D eigenvalue weighted by molar-refractivity contribution is -0.158. The van der Waals surface area contributed by atoms with Crippen molar-refractivity contribution >= 4 is 6.09 Å². The van der Waals surface area contributed by atoms with Crippen LogP contribution in [0.2, 0.25) is 0 Å². The highest BCUT2D eigenvalue weighted by Crippen LogP contribution is 2.37. The van der Waals surface area contributed by atoms with E-state index in [9.17, 15) is 10.1 Å². The van der Waals surface area contributed by atoms with Crippen LogP contribution in [0.4, 0.5) is 4.79 Å². The third-order valence-corrected chi connectivity index (χ3v) is 3.01. The van der Waals surface area contributed by atoms with Gasteiger partial charge >= 0.3 is 6.09 Å². The molecule has 0 saturated carbocycles. The first-order valence-electron chi connectivity index (χ1n) is 6.38. The molecule has 1 amide bonds. The normalized spacial score (nSPS) is 32.8. The van der Waals surface area contributed by atoms with Crippen LogP contribution in [0.3, 0.4) is 0 Å². The second-order valence-electron chi connectivity index (χ2n) is 6.35. The number of amides is 1. The van der Waals surface area contributed by atoms with E-state index < -0.39 is 29.6 Å². The van der Waals surface area contributed by atoms with Crippen molar-refractivity contribution in [2.24, 2.45) is 0 Å². The number of nitriles is 1. The Hall–Kier alpha value is -1.32. The van der Waals surface area contributed by atoms with E-state index in [2.05, 4.69) is 6.07 Å². The predicted octanol–water partition coefficient (Wildman–Crippen LogP) is 1.65. The van der Waals surface area contributed by atoms with Gasteiger partial charge in [-0.15, -0.1) is 0 Å². The second-order valence-corrected chi connectivity index (χ2v) is 6.35. The fraction of sp³-hybridized carbons (Fsp3) is 0.846. The number of carbonyl (C=O) groups excluding carboxylic acids is 1. The summed E-state index contributed by atoms with van der Waals surface area (Å²) in [6, 6.07) is 1.44. The molecule has 6 heteroatoms. The molecule has 106 valence electrons. The van der Waals surface area contributed by atoms with Crippen LogP contribution in [0, 0.1) is 11.3 Å². The van der Waals surface area contributed by atoms with Crippen LogP contribution in [0.5, 0.6) is 0 Å². The zero-order valence-electron chi connectivity index (χ0n) is 12.0. The van der Waals surface area contributed by atoms with Gasteiger partial charge in [0.05, 0.1) is 12.6 Å². The van der Waals surface area contributed by atoms with Gasteiger partial charge in [-0.2, -0.15) is 5.26 Å². The number of fused-ring (bicyclic) bond motifs is 1. The van der Waals surface area contributed by atoms with Crippen molar-refractivity contribution in [3.05, 3.63) is 0 Å². The van der Waals surface area contributed by atoms with Crippen molar-refractivity contribution in [3.63, 3.8) is 0 Å². The van der Waals surface area contributed by atoms with Gasteiger partial charge in [0, 0.05) is 0 Å². The minimum Gasteiger partial charge on any atom is -0.444 e. The van der Waals surface area contributed by atoms with Crippen LogP contribution in [0.1, 0.15) is 34.6 Å². The first-order valence-corrected chi connectivity index (χ1v) is 6.38. The van der Waals surface area contributed by atoms with Gasteiger partial charge in [-0.05, 0) is 34.6 Å². The predicted molar refractivity (Wildman–Crippen MR) is 66.2 cm³/mol. The van der Waals surface area contributed by atoms with Crippen molar-refractivity contribution in [2.45, 2.75) is 64.3 Å². The third-order valence-electron chi connectivity index (χ3n) is 3.01. The molecular formula is C13H20N2O4. The summed E-state index contributed by atoms with van der Waals surface area (Å²) in [5.74, 6) is -0.704. The van der Waals surface area contributed by atoms with Crippen molar-refractivity contribution in [1.29, 1.82) is 5.26 Å². The summed E-state index contributed by atoms with van der Waals surface area (Å²) in [7, 11) is 0. The van der Waals surface area contributed by atoms with Crippen LogP contribution in [-0.4, -0.2) is 47.2 Å². The van der Waals surface area contributed by atoms with Gasteiger partial charge in [0.25, 0.3) is 0 Å². The topological polar surface area (TPSA) is 71.8 Å². The lowest BCUT2D eigenvalue weighted by atomic mass is 10.1. The Morgan fingerprint density at radius 1 is 1.42 bits per heavy atom. The molecule has 0 spiro atoms. The molecule has 2 saturated heterocycles. The van der Waals surface area contributed by atoms with Gasteiger partial charge < -0.3 is 14.2 Å². The van der Waals surface area contributed by atoms with E-state index in [0.717, 1.165) is 0 Å². The van der Waals surface area contributed by atoms with Crippen LogP contribution in [0.15, 0.2) is 0 Å². The molecule has 3 unspecified atom stereocenters. The lowest BCUT2D eigenvalue weighted by Crippen LogP contribution is -2.43. The monoisotopic (exact) mass is 268 g/mol. The molecule has 0 radical (unpaired) electrons. The zero-order chi connectivity index (χ0) is 14.4. The molecule has 2 rings (SSSR count). The molecule has 0 aromatic carbocycles. The maximum absolute atomic E-state index is 12.1. The van der Waals surface area contributed by atoms with E-state index >= 15 is 0 Å². The maximum Gasteiger partial charge on any atom is 0.411 e. The highest BCUT2D eigenvalue weighted by Gasteiger charge is 2.54. The molecule has 0 aliphatic carbocycles. The summed E-state index contributed by atoms with van der Waals surface area (Å²) in [4.78, 5) is 13.4. The number of likely N-dealkylation sites (tertiary alicyclic amines) is 1. The SMILES string of the molecule is CC(C)(C)OC(=O)N1CC2OC(C)(C)OC2C1C#N. The Bertz CT molecular complexity index is 421. The molecule has 6 nitrogen and oxygen atoms in total. The molecule has 2 aliphatic rings. The van der Waals surface area contributed by atoms with Crippen LogP contribution in [-0.2, 0) is 14.2 Å². The highest BCUT2D eigenvalue weighted by molar-refractivity contribution is 5.70. The van der Waals surface area contributed by atoms with Gasteiger partial charge in [0.1, 0.15) is 17.8 Å². The zero-order valence-corrected chi connectivity index (χ0v) is 12.0. The highest BCUT2D eigenvalue weighted by atomic mass is 16.8. The minimum absolute atomic E-state index is 0.271. The summed E-state index contributed by atoms with van der Waals surface area (Å²) in [5.41, 5.74) is -0.588. The fourth-order valence-electron chi connectivity index (χ4n) is 2.41.